The number of H-pyrrole nitrogens is 1. The largest absolute Gasteiger partial charge is 0.497 e. The molecule has 0 aliphatic carbocycles. The lowest BCUT2D eigenvalue weighted by Gasteiger charge is -2.31. The molecule has 3 aromatic carbocycles. The SMILES string of the molecule is COc1ccc(-c2cc(C3CCN(Cc4cccc(Oc5ccccc5)c4)CC3)[nH]n2)cc1. The molecule has 1 aromatic heterocycles. The molecule has 0 unspecified atom stereocenters. The van der Waals surface area contributed by atoms with Crippen molar-refractivity contribution in [3.05, 3.63) is 96.2 Å². The Labute approximate surface area is 195 Å². The van der Waals surface area contributed by atoms with Crippen molar-refractivity contribution in [2.45, 2.75) is 25.3 Å². The number of para-hydroxylation sites is 1. The lowest BCUT2D eigenvalue weighted by atomic mass is 9.93. The predicted octanol–water partition coefficient (Wildman–Crippen LogP) is 6.26. The Balaban J connectivity index is 1.16. The van der Waals surface area contributed by atoms with E-state index in [-0.39, 0.29) is 0 Å². The fourth-order valence-electron chi connectivity index (χ4n) is 4.45. The number of methoxy groups -OCH3 is 1. The second-order valence-electron chi connectivity index (χ2n) is 8.55. The molecule has 2 heterocycles. The maximum Gasteiger partial charge on any atom is 0.127 e. The number of hydrogen-bond donors (Lipinski definition) is 1. The zero-order valence-electron chi connectivity index (χ0n) is 18.9. The minimum Gasteiger partial charge on any atom is -0.497 e. The molecule has 1 aliphatic rings. The number of aromatic nitrogens is 2. The number of nitrogens with one attached hydrogen (secondary N) is 1. The Bertz CT molecular complexity index is 1160. The predicted molar refractivity (Wildman–Crippen MR) is 131 cm³/mol. The second kappa shape index (κ2) is 9.92. The maximum atomic E-state index is 6.00. The lowest BCUT2D eigenvalue weighted by Crippen LogP contribution is -2.32. The second-order valence-corrected chi connectivity index (χ2v) is 8.55. The van der Waals surface area contributed by atoms with Gasteiger partial charge in [-0.3, -0.25) is 10.00 Å². The van der Waals surface area contributed by atoms with Crippen LogP contribution in [0.1, 0.15) is 30.0 Å². The van der Waals surface area contributed by atoms with Gasteiger partial charge in [-0.15, -0.1) is 0 Å². The standard InChI is InChI=1S/C28H29N3O2/c1-32-24-12-10-22(11-13-24)27-19-28(30-29-27)23-14-16-31(17-15-23)20-21-6-5-9-26(18-21)33-25-7-3-2-4-8-25/h2-13,18-19,23H,14-17,20H2,1H3,(H,29,30). The van der Waals surface area contributed by atoms with Crippen LogP contribution in [0.2, 0.25) is 0 Å². The van der Waals surface area contributed by atoms with Crippen molar-refractivity contribution in [2.24, 2.45) is 0 Å². The Hall–Kier alpha value is -3.57. The molecule has 1 fully saturated rings. The van der Waals surface area contributed by atoms with Crippen LogP contribution < -0.4 is 9.47 Å². The average Bonchev–Trinajstić information content (AvgIpc) is 3.36. The number of nitrogens with zero attached hydrogens (tertiary/aromatic N) is 2. The van der Waals surface area contributed by atoms with Gasteiger partial charge in [-0.2, -0.15) is 5.10 Å². The van der Waals surface area contributed by atoms with Crippen LogP contribution in [-0.2, 0) is 6.54 Å². The molecule has 5 nitrogen and oxygen atoms in total. The van der Waals surface area contributed by atoms with Crippen LogP contribution in [0.3, 0.4) is 0 Å². The van der Waals surface area contributed by atoms with Gasteiger partial charge >= 0.3 is 0 Å². The quantitative estimate of drug-likeness (QED) is 0.369. The van der Waals surface area contributed by atoms with Crippen molar-refractivity contribution in [2.75, 3.05) is 20.2 Å². The molecule has 33 heavy (non-hydrogen) atoms. The third-order valence-corrected chi connectivity index (χ3v) is 6.29. The van der Waals surface area contributed by atoms with Crippen molar-refractivity contribution < 1.29 is 9.47 Å². The molecule has 0 saturated carbocycles. The first-order valence-electron chi connectivity index (χ1n) is 11.5. The van der Waals surface area contributed by atoms with Gasteiger partial charge < -0.3 is 9.47 Å². The number of rotatable bonds is 7. The van der Waals surface area contributed by atoms with E-state index in [0.29, 0.717) is 5.92 Å². The molecule has 1 N–H and O–H groups in total. The normalized spacial score (nSPS) is 14.8. The minimum atomic E-state index is 0.522. The van der Waals surface area contributed by atoms with Gasteiger partial charge in [0.25, 0.3) is 0 Å². The third-order valence-electron chi connectivity index (χ3n) is 6.29. The van der Waals surface area contributed by atoms with Crippen molar-refractivity contribution in [1.29, 1.82) is 0 Å². The molecular weight excluding hydrogens is 410 g/mol. The van der Waals surface area contributed by atoms with E-state index in [0.717, 1.165) is 61.0 Å². The summed E-state index contributed by atoms with van der Waals surface area (Å²) in [5.74, 6) is 3.13. The minimum absolute atomic E-state index is 0.522. The van der Waals surface area contributed by atoms with Gasteiger partial charge in [0.1, 0.15) is 17.2 Å². The number of ether oxygens (including phenoxy) is 2. The first kappa shape index (κ1) is 21.3. The highest BCUT2D eigenvalue weighted by molar-refractivity contribution is 5.60. The van der Waals surface area contributed by atoms with Crippen LogP contribution in [0.4, 0.5) is 0 Å². The molecular formula is C28H29N3O2. The van der Waals surface area contributed by atoms with Crippen LogP contribution in [0.25, 0.3) is 11.3 Å². The van der Waals surface area contributed by atoms with E-state index in [2.05, 4.69) is 51.5 Å². The molecule has 0 amide bonds. The molecule has 5 heteroatoms. The summed E-state index contributed by atoms with van der Waals surface area (Å²) in [6.45, 7) is 3.09. The van der Waals surface area contributed by atoms with Gasteiger partial charge in [-0.05, 0) is 86.1 Å². The summed E-state index contributed by atoms with van der Waals surface area (Å²) in [5.41, 5.74) is 4.61. The van der Waals surface area contributed by atoms with Crippen molar-refractivity contribution in [1.82, 2.24) is 15.1 Å². The molecule has 1 aliphatic heterocycles. The number of hydrogen-bond acceptors (Lipinski definition) is 4. The highest BCUT2D eigenvalue weighted by Crippen LogP contribution is 2.31. The number of likely N-dealkylation sites (tertiary alicyclic amines) is 1. The zero-order valence-corrected chi connectivity index (χ0v) is 18.9. The van der Waals surface area contributed by atoms with Gasteiger partial charge in [0.15, 0.2) is 0 Å². The molecule has 4 aromatic rings. The average molecular weight is 440 g/mol. The summed E-state index contributed by atoms with van der Waals surface area (Å²) < 4.78 is 11.2. The van der Waals surface area contributed by atoms with Gasteiger partial charge in [0.2, 0.25) is 0 Å². The Kier molecular flexibility index (Phi) is 6.40. The van der Waals surface area contributed by atoms with Gasteiger partial charge in [-0.25, -0.2) is 0 Å². The van der Waals surface area contributed by atoms with E-state index < -0.39 is 0 Å². The third kappa shape index (κ3) is 5.26. The topological polar surface area (TPSA) is 50.4 Å². The Morgan fingerprint density at radius 2 is 1.61 bits per heavy atom. The van der Waals surface area contributed by atoms with Crippen LogP contribution in [0.15, 0.2) is 84.9 Å². The fraction of sp³-hybridized carbons (Fsp3) is 0.250. The molecule has 5 rings (SSSR count). The van der Waals surface area contributed by atoms with Gasteiger partial charge in [0, 0.05) is 23.7 Å². The summed E-state index contributed by atoms with van der Waals surface area (Å²) >= 11 is 0. The molecule has 0 bridgehead atoms. The van der Waals surface area contributed by atoms with Crippen molar-refractivity contribution in [3.63, 3.8) is 0 Å². The van der Waals surface area contributed by atoms with E-state index in [1.807, 2.05) is 48.5 Å². The lowest BCUT2D eigenvalue weighted by molar-refractivity contribution is 0.203. The van der Waals surface area contributed by atoms with E-state index in [9.17, 15) is 0 Å². The van der Waals surface area contributed by atoms with Crippen LogP contribution in [0.5, 0.6) is 17.2 Å². The van der Waals surface area contributed by atoms with E-state index in [4.69, 9.17) is 9.47 Å². The summed E-state index contributed by atoms with van der Waals surface area (Å²) in [6.07, 6.45) is 2.26. The van der Waals surface area contributed by atoms with Crippen LogP contribution in [0, 0.1) is 0 Å². The highest BCUT2D eigenvalue weighted by Gasteiger charge is 2.22. The van der Waals surface area contributed by atoms with E-state index in [1.165, 1.54) is 11.3 Å². The number of piperidine rings is 1. The van der Waals surface area contributed by atoms with E-state index in [1.54, 1.807) is 7.11 Å². The van der Waals surface area contributed by atoms with Crippen molar-refractivity contribution >= 4 is 0 Å². The smallest absolute Gasteiger partial charge is 0.127 e. The Morgan fingerprint density at radius 1 is 0.848 bits per heavy atom. The highest BCUT2D eigenvalue weighted by atomic mass is 16.5. The van der Waals surface area contributed by atoms with Gasteiger partial charge in [0.05, 0.1) is 12.8 Å². The Morgan fingerprint density at radius 3 is 2.36 bits per heavy atom. The summed E-state index contributed by atoms with van der Waals surface area (Å²) in [5, 5.41) is 7.84. The molecule has 1 saturated heterocycles. The molecule has 168 valence electrons. The monoisotopic (exact) mass is 439 g/mol. The molecule has 0 radical (unpaired) electrons. The number of aromatic amines is 1. The summed E-state index contributed by atoms with van der Waals surface area (Å²) in [7, 11) is 1.68. The zero-order chi connectivity index (χ0) is 22.5. The summed E-state index contributed by atoms with van der Waals surface area (Å²) in [6, 6.07) is 28.6. The number of benzene rings is 3. The fourth-order valence-corrected chi connectivity index (χ4v) is 4.45. The van der Waals surface area contributed by atoms with Crippen LogP contribution in [-0.4, -0.2) is 35.3 Å². The van der Waals surface area contributed by atoms with Crippen molar-refractivity contribution in [3.8, 4) is 28.5 Å². The maximum absolute atomic E-state index is 6.00. The first-order chi connectivity index (χ1) is 16.3. The van der Waals surface area contributed by atoms with Crippen LogP contribution >= 0.6 is 0 Å². The van der Waals surface area contributed by atoms with Gasteiger partial charge in [-0.1, -0.05) is 30.3 Å². The molecule has 0 spiro atoms. The van der Waals surface area contributed by atoms with E-state index >= 15 is 0 Å². The summed E-state index contributed by atoms with van der Waals surface area (Å²) in [4.78, 5) is 2.53. The molecule has 0 atom stereocenters. The first-order valence-corrected chi connectivity index (χ1v) is 11.5.